The van der Waals surface area contributed by atoms with Crippen LogP contribution in [-0.4, -0.2) is 27.2 Å². The van der Waals surface area contributed by atoms with Crippen molar-refractivity contribution in [2.45, 2.75) is 37.5 Å². The van der Waals surface area contributed by atoms with Crippen LogP contribution < -0.4 is 16.6 Å². The number of alkyl halides is 3. The summed E-state index contributed by atoms with van der Waals surface area (Å²) in [7, 11) is 0. The highest BCUT2D eigenvalue weighted by Gasteiger charge is 2.36. The van der Waals surface area contributed by atoms with Gasteiger partial charge in [0, 0.05) is 12.6 Å². The first-order valence-electron chi connectivity index (χ1n) is 6.22. The molecular weight excluding hydrogens is 275 g/mol. The minimum atomic E-state index is -4.66. The SMILES string of the molecule is NNc1cc(NCC2(O)CCCC2)nc(C(F)(F)F)n1. The summed E-state index contributed by atoms with van der Waals surface area (Å²) in [4.78, 5) is 6.64. The summed E-state index contributed by atoms with van der Waals surface area (Å²) < 4.78 is 37.9. The maximum atomic E-state index is 12.6. The number of nitrogens with one attached hydrogen (secondary N) is 2. The molecule has 6 nitrogen and oxygen atoms in total. The zero-order valence-corrected chi connectivity index (χ0v) is 10.7. The lowest BCUT2D eigenvalue weighted by Crippen LogP contribution is -2.34. The quantitative estimate of drug-likeness (QED) is 0.496. The van der Waals surface area contributed by atoms with Crippen LogP contribution >= 0.6 is 0 Å². The Morgan fingerprint density at radius 2 is 1.85 bits per heavy atom. The fourth-order valence-electron chi connectivity index (χ4n) is 2.20. The topological polar surface area (TPSA) is 96.1 Å². The van der Waals surface area contributed by atoms with Crippen LogP contribution in [0.5, 0.6) is 0 Å². The number of hydrogen-bond acceptors (Lipinski definition) is 6. The van der Waals surface area contributed by atoms with Gasteiger partial charge in [0.1, 0.15) is 11.6 Å². The van der Waals surface area contributed by atoms with Gasteiger partial charge in [-0.15, -0.1) is 0 Å². The van der Waals surface area contributed by atoms with E-state index >= 15 is 0 Å². The van der Waals surface area contributed by atoms with Gasteiger partial charge in [0.2, 0.25) is 5.82 Å². The summed E-state index contributed by atoms with van der Waals surface area (Å²) in [6.07, 6.45) is -1.59. The molecule has 0 aromatic carbocycles. The second kappa shape index (κ2) is 5.41. The Kier molecular flexibility index (Phi) is 4.00. The summed E-state index contributed by atoms with van der Waals surface area (Å²) in [5.41, 5.74) is 1.17. The molecule has 20 heavy (non-hydrogen) atoms. The van der Waals surface area contributed by atoms with Gasteiger partial charge in [-0.3, -0.25) is 0 Å². The first-order valence-corrected chi connectivity index (χ1v) is 6.22. The van der Waals surface area contributed by atoms with Crippen molar-refractivity contribution in [2.75, 3.05) is 17.3 Å². The molecule has 0 spiro atoms. The normalized spacial score (nSPS) is 18.1. The van der Waals surface area contributed by atoms with Gasteiger partial charge in [-0.05, 0) is 12.8 Å². The fourth-order valence-corrected chi connectivity index (χ4v) is 2.20. The zero-order valence-electron chi connectivity index (χ0n) is 10.7. The van der Waals surface area contributed by atoms with E-state index in [0.29, 0.717) is 12.8 Å². The minimum absolute atomic E-state index is 0.0272. The maximum absolute atomic E-state index is 12.6. The van der Waals surface area contributed by atoms with Crippen molar-refractivity contribution in [3.63, 3.8) is 0 Å². The Balaban J connectivity index is 2.14. The number of nitrogens with two attached hydrogens (primary N) is 1. The molecule has 5 N–H and O–H groups in total. The molecule has 1 heterocycles. The molecule has 1 aromatic heterocycles. The molecule has 0 atom stereocenters. The molecule has 1 aromatic rings. The largest absolute Gasteiger partial charge is 0.451 e. The summed E-state index contributed by atoms with van der Waals surface area (Å²) >= 11 is 0. The maximum Gasteiger partial charge on any atom is 0.451 e. The highest BCUT2D eigenvalue weighted by molar-refractivity contribution is 5.47. The number of hydrogen-bond donors (Lipinski definition) is 4. The zero-order chi connectivity index (χ0) is 14.8. The van der Waals surface area contributed by atoms with E-state index in [9.17, 15) is 18.3 Å². The predicted molar refractivity (Wildman–Crippen MR) is 66.8 cm³/mol. The second-order valence-electron chi connectivity index (χ2n) is 4.89. The molecule has 0 amide bonds. The van der Waals surface area contributed by atoms with Gasteiger partial charge < -0.3 is 15.8 Å². The van der Waals surface area contributed by atoms with E-state index in [-0.39, 0.29) is 18.2 Å². The van der Waals surface area contributed by atoms with Gasteiger partial charge in [-0.25, -0.2) is 15.8 Å². The van der Waals surface area contributed by atoms with Crippen molar-refractivity contribution in [1.29, 1.82) is 0 Å². The predicted octanol–water partition coefficient (Wildman–Crippen LogP) is 1.50. The third kappa shape index (κ3) is 3.48. The smallest absolute Gasteiger partial charge is 0.388 e. The van der Waals surface area contributed by atoms with Crippen molar-refractivity contribution in [3.8, 4) is 0 Å². The van der Waals surface area contributed by atoms with Crippen LogP contribution in [0.25, 0.3) is 0 Å². The number of anilines is 2. The fraction of sp³-hybridized carbons (Fsp3) is 0.636. The highest BCUT2D eigenvalue weighted by atomic mass is 19.4. The summed E-state index contributed by atoms with van der Waals surface area (Å²) in [5.74, 6) is 3.63. The van der Waals surface area contributed by atoms with E-state index in [0.717, 1.165) is 12.8 Å². The van der Waals surface area contributed by atoms with Gasteiger partial charge in [0.15, 0.2) is 0 Å². The number of rotatable bonds is 4. The monoisotopic (exact) mass is 291 g/mol. The van der Waals surface area contributed by atoms with Crippen LogP contribution in [-0.2, 0) is 6.18 Å². The van der Waals surface area contributed by atoms with Crippen LogP contribution in [0.2, 0.25) is 0 Å². The lowest BCUT2D eigenvalue weighted by molar-refractivity contribution is -0.144. The molecule has 1 saturated carbocycles. The Morgan fingerprint density at radius 1 is 1.25 bits per heavy atom. The molecule has 0 bridgehead atoms. The number of hydrazine groups is 1. The number of aromatic nitrogens is 2. The molecule has 0 radical (unpaired) electrons. The Bertz CT molecular complexity index is 474. The third-order valence-electron chi connectivity index (χ3n) is 3.26. The summed E-state index contributed by atoms with van der Waals surface area (Å²) in [5, 5.41) is 12.9. The molecule has 0 aliphatic heterocycles. The standard InChI is InChI=1S/C11H16F3N5O/c12-11(13,14)9-17-7(5-8(18-9)19-15)16-6-10(20)3-1-2-4-10/h5,20H,1-4,6,15H2,(H2,16,17,18,19). The van der Waals surface area contributed by atoms with Gasteiger partial charge in [-0.2, -0.15) is 13.2 Å². The van der Waals surface area contributed by atoms with Crippen LogP contribution in [0.3, 0.4) is 0 Å². The molecule has 112 valence electrons. The van der Waals surface area contributed by atoms with E-state index in [1.54, 1.807) is 0 Å². The Hall–Kier alpha value is -1.61. The highest BCUT2D eigenvalue weighted by Crippen LogP contribution is 2.31. The third-order valence-corrected chi connectivity index (χ3v) is 3.26. The molecule has 0 saturated heterocycles. The Morgan fingerprint density at radius 3 is 2.40 bits per heavy atom. The van der Waals surface area contributed by atoms with E-state index < -0.39 is 17.6 Å². The van der Waals surface area contributed by atoms with Crippen LogP contribution in [0, 0.1) is 0 Å². The average Bonchev–Trinajstić information content (AvgIpc) is 2.82. The molecule has 2 rings (SSSR count). The molecule has 9 heteroatoms. The first kappa shape index (κ1) is 14.8. The molecule has 1 aliphatic rings. The van der Waals surface area contributed by atoms with Crippen molar-refractivity contribution in [1.82, 2.24) is 9.97 Å². The van der Waals surface area contributed by atoms with Gasteiger partial charge in [-0.1, -0.05) is 12.8 Å². The summed E-state index contributed by atoms with van der Waals surface area (Å²) in [6.45, 7) is 0.144. The Labute approximate surface area is 113 Å². The lowest BCUT2D eigenvalue weighted by atomic mass is 10.0. The van der Waals surface area contributed by atoms with E-state index in [2.05, 4.69) is 20.7 Å². The number of aliphatic hydroxyl groups is 1. The lowest BCUT2D eigenvalue weighted by Gasteiger charge is -2.23. The first-order chi connectivity index (χ1) is 9.32. The van der Waals surface area contributed by atoms with Gasteiger partial charge in [0.25, 0.3) is 0 Å². The number of nitrogen functional groups attached to an aromatic ring is 1. The van der Waals surface area contributed by atoms with Crippen LogP contribution in [0.1, 0.15) is 31.5 Å². The van der Waals surface area contributed by atoms with Crippen molar-refractivity contribution in [2.24, 2.45) is 5.84 Å². The van der Waals surface area contributed by atoms with E-state index in [1.165, 1.54) is 6.07 Å². The van der Waals surface area contributed by atoms with E-state index in [4.69, 9.17) is 5.84 Å². The number of nitrogens with zero attached hydrogens (tertiary/aromatic N) is 2. The van der Waals surface area contributed by atoms with Crippen molar-refractivity contribution < 1.29 is 18.3 Å². The molecule has 0 unspecified atom stereocenters. The van der Waals surface area contributed by atoms with Crippen LogP contribution in [0.4, 0.5) is 24.8 Å². The van der Waals surface area contributed by atoms with E-state index in [1.807, 2.05) is 0 Å². The van der Waals surface area contributed by atoms with Crippen molar-refractivity contribution >= 4 is 11.6 Å². The number of halogens is 3. The second-order valence-corrected chi connectivity index (χ2v) is 4.89. The van der Waals surface area contributed by atoms with Crippen molar-refractivity contribution in [3.05, 3.63) is 11.9 Å². The minimum Gasteiger partial charge on any atom is -0.388 e. The van der Waals surface area contributed by atoms with Gasteiger partial charge in [0.05, 0.1) is 5.60 Å². The average molecular weight is 291 g/mol. The molecular formula is C11H16F3N5O. The molecule has 1 aliphatic carbocycles. The molecule has 1 fully saturated rings. The van der Waals surface area contributed by atoms with Gasteiger partial charge >= 0.3 is 6.18 Å². The van der Waals surface area contributed by atoms with Crippen LogP contribution in [0.15, 0.2) is 6.07 Å². The summed E-state index contributed by atoms with van der Waals surface area (Å²) in [6, 6.07) is 1.26.